The Hall–Kier alpha value is -2.37. The number of ether oxygens (including phenoxy) is 2. The highest BCUT2D eigenvalue weighted by Crippen LogP contribution is 2.20. The molecule has 0 fully saturated rings. The first-order valence-electron chi connectivity index (χ1n) is 10.6. The number of hydrogen-bond donors (Lipinski definition) is 0. The number of hydrogen-bond acceptors (Lipinski definition) is 5. The van der Waals surface area contributed by atoms with Crippen molar-refractivity contribution in [2.75, 3.05) is 12.9 Å². The number of ketones is 1. The summed E-state index contributed by atoms with van der Waals surface area (Å²) in [4.78, 5) is 25.4. The van der Waals surface area contributed by atoms with Crippen molar-refractivity contribution in [2.45, 2.75) is 56.1 Å². The summed E-state index contributed by atoms with van der Waals surface area (Å²) in [5.74, 6) is 0.556. The molecule has 2 unspecified atom stereocenters. The molecule has 0 N–H and O–H groups in total. The van der Waals surface area contributed by atoms with Crippen LogP contribution in [0.5, 0.6) is 0 Å². The van der Waals surface area contributed by atoms with E-state index < -0.39 is 6.10 Å². The summed E-state index contributed by atoms with van der Waals surface area (Å²) in [6.07, 6.45) is 3.71. The highest BCUT2D eigenvalue weighted by Gasteiger charge is 2.20. The average molecular weight is 441 g/mol. The molecule has 2 rings (SSSR count). The van der Waals surface area contributed by atoms with Gasteiger partial charge in [0.1, 0.15) is 11.9 Å². The number of esters is 1. The van der Waals surface area contributed by atoms with Crippen LogP contribution in [0.2, 0.25) is 0 Å². The second kappa shape index (κ2) is 13.8. The summed E-state index contributed by atoms with van der Waals surface area (Å²) in [6.45, 7) is 5.28. The van der Waals surface area contributed by atoms with Crippen LogP contribution in [0, 0.1) is 0 Å². The predicted molar refractivity (Wildman–Crippen MR) is 127 cm³/mol. The maximum absolute atomic E-state index is 12.5. The summed E-state index contributed by atoms with van der Waals surface area (Å²) >= 11 is 1.74. The van der Waals surface area contributed by atoms with Crippen molar-refractivity contribution < 1.29 is 19.1 Å². The van der Waals surface area contributed by atoms with Crippen LogP contribution < -0.4 is 0 Å². The van der Waals surface area contributed by atoms with Gasteiger partial charge in [0.25, 0.3) is 0 Å². The van der Waals surface area contributed by atoms with Gasteiger partial charge in [-0.15, -0.1) is 11.8 Å². The largest absolute Gasteiger partial charge is 0.462 e. The molecule has 0 radical (unpaired) electrons. The number of aryl methyl sites for hydroxylation is 1. The molecule has 0 saturated heterocycles. The van der Waals surface area contributed by atoms with Gasteiger partial charge in [0.15, 0.2) is 0 Å². The first-order chi connectivity index (χ1) is 15.0. The molecule has 0 bridgehead atoms. The van der Waals surface area contributed by atoms with Crippen LogP contribution >= 0.6 is 11.8 Å². The number of thioether (sulfide) groups is 1. The minimum Gasteiger partial charge on any atom is -0.462 e. The lowest BCUT2D eigenvalue weighted by atomic mass is 10.0. The van der Waals surface area contributed by atoms with Crippen molar-refractivity contribution in [1.29, 1.82) is 0 Å². The minimum absolute atomic E-state index is 0.0161. The monoisotopic (exact) mass is 440 g/mol. The molecular weight excluding hydrogens is 408 g/mol. The Morgan fingerprint density at radius 1 is 1.00 bits per heavy atom. The smallest absolute Gasteiger partial charge is 0.308 e. The lowest BCUT2D eigenvalue weighted by Gasteiger charge is -2.19. The fourth-order valence-electron chi connectivity index (χ4n) is 3.22. The predicted octanol–water partition coefficient (Wildman–Crippen LogP) is 5.74. The van der Waals surface area contributed by atoms with E-state index in [0.717, 1.165) is 29.7 Å². The van der Waals surface area contributed by atoms with Gasteiger partial charge in [-0.1, -0.05) is 55.1 Å². The number of Topliss-reactive ketones (excluding diaryl/α,β-unsaturated/α-hetero) is 1. The Morgan fingerprint density at radius 3 is 2.32 bits per heavy atom. The molecule has 4 nitrogen and oxygen atoms in total. The van der Waals surface area contributed by atoms with Gasteiger partial charge in [-0.05, 0) is 49.4 Å². The highest BCUT2D eigenvalue weighted by atomic mass is 32.2. The van der Waals surface area contributed by atoms with Gasteiger partial charge in [0.2, 0.25) is 0 Å². The van der Waals surface area contributed by atoms with E-state index in [1.165, 1.54) is 11.8 Å². The molecule has 0 aliphatic heterocycles. The zero-order valence-electron chi connectivity index (χ0n) is 18.4. The number of benzene rings is 2. The maximum atomic E-state index is 12.5. The lowest BCUT2D eigenvalue weighted by Crippen LogP contribution is -2.25. The Bertz CT molecular complexity index is 817. The number of rotatable bonds is 14. The average Bonchev–Trinajstić information content (AvgIpc) is 2.77. The van der Waals surface area contributed by atoms with Crippen LogP contribution in [-0.2, 0) is 25.5 Å². The Labute approximate surface area is 190 Å². The second-order valence-electron chi connectivity index (χ2n) is 7.51. The van der Waals surface area contributed by atoms with Crippen LogP contribution in [0.4, 0.5) is 0 Å². The lowest BCUT2D eigenvalue weighted by molar-refractivity contribution is -0.153. The molecule has 0 saturated carbocycles. The quantitative estimate of drug-likeness (QED) is 0.277. The van der Waals surface area contributed by atoms with Gasteiger partial charge < -0.3 is 9.47 Å². The summed E-state index contributed by atoms with van der Waals surface area (Å²) in [6, 6.07) is 18.2. The topological polar surface area (TPSA) is 52.6 Å². The fraction of sp³-hybridized carbons (Fsp3) is 0.385. The normalized spacial score (nSPS) is 12.7. The van der Waals surface area contributed by atoms with Crippen LogP contribution in [0.15, 0.2) is 66.1 Å². The van der Waals surface area contributed by atoms with E-state index >= 15 is 0 Å². The molecule has 0 spiro atoms. The number of carbonyl (C=O) groups is 2. The Balaban J connectivity index is 1.81. The second-order valence-corrected chi connectivity index (χ2v) is 8.68. The van der Waals surface area contributed by atoms with E-state index in [1.807, 2.05) is 42.5 Å². The van der Waals surface area contributed by atoms with Gasteiger partial charge in [0.05, 0.1) is 12.5 Å². The van der Waals surface area contributed by atoms with E-state index in [0.29, 0.717) is 6.42 Å². The third-order valence-corrected chi connectivity index (χ3v) is 6.01. The molecule has 2 aromatic rings. The zero-order chi connectivity index (χ0) is 22.5. The fourth-order valence-corrected chi connectivity index (χ4v) is 4.19. The van der Waals surface area contributed by atoms with Crippen LogP contribution in [0.3, 0.4) is 0 Å². The van der Waals surface area contributed by atoms with Gasteiger partial charge in [-0.2, -0.15) is 0 Å². The third kappa shape index (κ3) is 9.99. The van der Waals surface area contributed by atoms with Crippen LogP contribution in [-0.4, -0.2) is 36.8 Å². The summed E-state index contributed by atoms with van der Waals surface area (Å²) < 4.78 is 11.1. The zero-order valence-corrected chi connectivity index (χ0v) is 19.2. The molecule has 5 heteroatoms. The van der Waals surface area contributed by atoms with Crippen molar-refractivity contribution in [1.82, 2.24) is 0 Å². The SMILES string of the molecule is C=Cc1ccc(CCC(CC(C)=O)OC(=O)CC(CCSc2ccccc2)OC)cc1. The molecule has 0 aromatic heterocycles. The van der Waals surface area contributed by atoms with Crippen LogP contribution in [0.1, 0.15) is 43.7 Å². The van der Waals surface area contributed by atoms with E-state index in [-0.39, 0.29) is 30.7 Å². The van der Waals surface area contributed by atoms with E-state index in [9.17, 15) is 9.59 Å². The maximum Gasteiger partial charge on any atom is 0.308 e. The van der Waals surface area contributed by atoms with Crippen LogP contribution in [0.25, 0.3) is 6.08 Å². The first-order valence-corrected chi connectivity index (χ1v) is 11.6. The number of carbonyl (C=O) groups excluding carboxylic acids is 2. The highest BCUT2D eigenvalue weighted by molar-refractivity contribution is 7.99. The van der Waals surface area contributed by atoms with Crippen molar-refractivity contribution in [2.24, 2.45) is 0 Å². The van der Waals surface area contributed by atoms with Gasteiger partial charge in [-0.25, -0.2) is 0 Å². The summed E-state index contributed by atoms with van der Waals surface area (Å²) in [5.41, 5.74) is 2.20. The van der Waals surface area contributed by atoms with Gasteiger partial charge in [0, 0.05) is 24.2 Å². The van der Waals surface area contributed by atoms with Crippen molar-refractivity contribution in [3.8, 4) is 0 Å². The van der Waals surface area contributed by atoms with Crippen molar-refractivity contribution in [3.05, 3.63) is 72.3 Å². The molecule has 166 valence electrons. The third-order valence-electron chi connectivity index (χ3n) is 4.96. The standard InChI is InChI=1S/C26H32O4S/c1-4-21-10-12-22(13-11-21)14-15-24(18-20(2)27)30-26(28)19-23(29-3)16-17-31-25-8-6-5-7-9-25/h4-13,23-24H,1,14-19H2,2-3H3. The van der Waals surface area contributed by atoms with E-state index in [2.05, 4.69) is 18.7 Å². The molecule has 2 atom stereocenters. The van der Waals surface area contributed by atoms with E-state index in [4.69, 9.17) is 9.47 Å². The van der Waals surface area contributed by atoms with E-state index in [1.54, 1.807) is 24.9 Å². The molecular formula is C26H32O4S. The summed E-state index contributed by atoms with van der Waals surface area (Å²) in [7, 11) is 1.62. The first kappa shape index (κ1) is 24.9. The minimum atomic E-state index is -0.416. The number of methoxy groups -OCH3 is 1. The van der Waals surface area contributed by atoms with Gasteiger partial charge >= 0.3 is 5.97 Å². The Kier molecular flexibility index (Phi) is 11.1. The molecule has 0 aliphatic carbocycles. The molecule has 0 heterocycles. The molecule has 31 heavy (non-hydrogen) atoms. The summed E-state index contributed by atoms with van der Waals surface area (Å²) in [5, 5.41) is 0. The van der Waals surface area contributed by atoms with Gasteiger partial charge in [-0.3, -0.25) is 9.59 Å². The molecule has 2 aromatic carbocycles. The molecule has 0 aliphatic rings. The van der Waals surface area contributed by atoms with Crippen molar-refractivity contribution in [3.63, 3.8) is 0 Å². The molecule has 0 amide bonds. The van der Waals surface area contributed by atoms with Crippen molar-refractivity contribution >= 4 is 29.6 Å². The Morgan fingerprint density at radius 2 is 1.71 bits per heavy atom.